The molecule has 128 valence electrons. The van der Waals surface area contributed by atoms with Crippen molar-refractivity contribution < 1.29 is 9.59 Å². The third kappa shape index (κ3) is 7.22. The molecule has 1 unspecified atom stereocenters. The molecule has 0 bridgehead atoms. The largest absolute Gasteiger partial charge is 0.338 e. The smallest absolute Gasteiger partial charge is 0.315 e. The molecule has 1 atom stereocenters. The molecule has 0 aromatic rings. The Labute approximate surface area is 134 Å². The number of amides is 2. The summed E-state index contributed by atoms with van der Waals surface area (Å²) < 4.78 is 0. The highest BCUT2D eigenvalue weighted by Crippen LogP contribution is 2.05. The van der Waals surface area contributed by atoms with Gasteiger partial charge >= 0.3 is 6.03 Å². The second-order valence-corrected chi connectivity index (χ2v) is 6.13. The molecule has 0 spiro atoms. The number of nitrogens with one attached hydrogen (secondary N) is 2. The summed E-state index contributed by atoms with van der Waals surface area (Å²) in [5, 5.41) is 5.65. The number of unbranched alkanes of at least 4 members (excludes halogenated alkanes) is 1. The van der Waals surface area contributed by atoms with E-state index in [2.05, 4.69) is 34.4 Å². The molecule has 6 heteroatoms. The Morgan fingerprint density at radius 3 is 2.36 bits per heavy atom. The Morgan fingerprint density at radius 2 is 1.77 bits per heavy atom. The molecular weight excluding hydrogens is 280 g/mol. The van der Waals surface area contributed by atoms with E-state index in [1.807, 2.05) is 6.92 Å². The van der Waals surface area contributed by atoms with Gasteiger partial charge < -0.3 is 15.5 Å². The zero-order valence-electron chi connectivity index (χ0n) is 14.4. The van der Waals surface area contributed by atoms with Crippen LogP contribution in [0.4, 0.5) is 4.79 Å². The Hall–Kier alpha value is -1.14. The molecule has 0 aromatic heterocycles. The van der Waals surface area contributed by atoms with Crippen LogP contribution in [0.1, 0.15) is 39.5 Å². The first kappa shape index (κ1) is 18.9. The SMILES string of the molecule is CCCCC(=O)C(CN1CCN(C)CC1)NC(=O)NCCC. The molecule has 0 radical (unpaired) electrons. The summed E-state index contributed by atoms with van der Waals surface area (Å²) in [5.41, 5.74) is 0. The van der Waals surface area contributed by atoms with E-state index in [0.29, 0.717) is 19.5 Å². The van der Waals surface area contributed by atoms with Crippen LogP contribution in [0, 0.1) is 0 Å². The number of carbonyl (C=O) groups excluding carboxylic acids is 2. The lowest BCUT2D eigenvalue weighted by Gasteiger charge is -2.34. The fourth-order valence-corrected chi connectivity index (χ4v) is 2.49. The number of hydrogen-bond donors (Lipinski definition) is 2. The van der Waals surface area contributed by atoms with Crippen LogP contribution < -0.4 is 10.6 Å². The summed E-state index contributed by atoms with van der Waals surface area (Å²) in [5.74, 6) is 0.146. The van der Waals surface area contributed by atoms with Gasteiger partial charge in [0.25, 0.3) is 0 Å². The maximum atomic E-state index is 12.4. The molecular formula is C16H32N4O2. The molecule has 1 rings (SSSR count). The van der Waals surface area contributed by atoms with E-state index in [1.54, 1.807) is 0 Å². The van der Waals surface area contributed by atoms with Crippen LogP contribution in [0.2, 0.25) is 0 Å². The number of ketones is 1. The van der Waals surface area contributed by atoms with Crippen molar-refractivity contribution in [2.24, 2.45) is 0 Å². The number of carbonyl (C=O) groups is 2. The van der Waals surface area contributed by atoms with Gasteiger partial charge in [0.15, 0.2) is 5.78 Å². The minimum absolute atomic E-state index is 0.146. The number of Topliss-reactive ketones (excluding diaryl/α,β-unsaturated/α-hetero) is 1. The number of rotatable bonds is 9. The molecule has 22 heavy (non-hydrogen) atoms. The van der Waals surface area contributed by atoms with Crippen LogP contribution in [0.15, 0.2) is 0 Å². The summed E-state index contributed by atoms with van der Waals surface area (Å²) in [4.78, 5) is 28.8. The van der Waals surface area contributed by atoms with E-state index in [1.165, 1.54) is 0 Å². The van der Waals surface area contributed by atoms with Gasteiger partial charge in [-0.2, -0.15) is 0 Å². The summed E-state index contributed by atoms with van der Waals surface area (Å²) in [6, 6.07) is -0.627. The van der Waals surface area contributed by atoms with E-state index in [9.17, 15) is 9.59 Å². The first-order chi connectivity index (χ1) is 10.6. The molecule has 0 aliphatic carbocycles. The zero-order chi connectivity index (χ0) is 16.4. The molecule has 2 amide bonds. The number of hydrogen-bond acceptors (Lipinski definition) is 4. The summed E-state index contributed by atoms with van der Waals surface area (Å²) in [6.45, 7) is 9.26. The van der Waals surface area contributed by atoms with E-state index in [0.717, 1.165) is 45.4 Å². The van der Waals surface area contributed by atoms with Gasteiger partial charge in [0.05, 0.1) is 0 Å². The van der Waals surface area contributed by atoms with Crippen molar-refractivity contribution in [1.82, 2.24) is 20.4 Å². The van der Waals surface area contributed by atoms with Gasteiger partial charge in [0.1, 0.15) is 6.04 Å². The Balaban J connectivity index is 2.52. The predicted molar refractivity (Wildman–Crippen MR) is 89.1 cm³/mol. The number of likely N-dealkylation sites (N-methyl/N-ethyl adjacent to an activating group) is 1. The van der Waals surface area contributed by atoms with Gasteiger partial charge in [-0.25, -0.2) is 4.79 Å². The molecule has 1 heterocycles. The Morgan fingerprint density at radius 1 is 1.09 bits per heavy atom. The van der Waals surface area contributed by atoms with Crippen molar-refractivity contribution in [3.63, 3.8) is 0 Å². The summed E-state index contributed by atoms with van der Waals surface area (Å²) >= 11 is 0. The molecule has 1 aliphatic rings. The van der Waals surface area contributed by atoms with Crippen LogP contribution in [-0.2, 0) is 4.79 Å². The Bertz CT molecular complexity index is 341. The van der Waals surface area contributed by atoms with Crippen molar-refractivity contribution in [2.75, 3.05) is 46.3 Å². The van der Waals surface area contributed by atoms with Crippen molar-refractivity contribution in [2.45, 2.75) is 45.6 Å². The Kier molecular flexibility index (Phi) is 9.08. The minimum Gasteiger partial charge on any atom is -0.338 e. The maximum Gasteiger partial charge on any atom is 0.315 e. The molecule has 1 fully saturated rings. The lowest BCUT2D eigenvalue weighted by molar-refractivity contribution is -0.121. The van der Waals surface area contributed by atoms with Gasteiger partial charge in [-0.15, -0.1) is 0 Å². The molecule has 2 N–H and O–H groups in total. The van der Waals surface area contributed by atoms with Crippen molar-refractivity contribution in [1.29, 1.82) is 0 Å². The second-order valence-electron chi connectivity index (χ2n) is 6.13. The van der Waals surface area contributed by atoms with Gasteiger partial charge in [0, 0.05) is 45.7 Å². The third-order valence-corrected chi connectivity index (χ3v) is 4.04. The van der Waals surface area contributed by atoms with E-state index >= 15 is 0 Å². The minimum atomic E-state index is -0.396. The molecule has 0 saturated carbocycles. The molecule has 0 aromatic carbocycles. The van der Waals surface area contributed by atoms with Gasteiger partial charge in [-0.1, -0.05) is 20.3 Å². The number of nitrogens with zero attached hydrogens (tertiary/aromatic N) is 2. The highest BCUT2D eigenvalue weighted by atomic mass is 16.2. The fourth-order valence-electron chi connectivity index (χ4n) is 2.49. The van der Waals surface area contributed by atoms with Crippen LogP contribution in [0.3, 0.4) is 0 Å². The summed E-state index contributed by atoms with van der Waals surface area (Å²) in [6.07, 6.45) is 3.31. The highest BCUT2D eigenvalue weighted by Gasteiger charge is 2.24. The van der Waals surface area contributed by atoms with Crippen molar-refractivity contribution in [3.05, 3.63) is 0 Å². The maximum absolute atomic E-state index is 12.4. The average Bonchev–Trinajstić information content (AvgIpc) is 2.52. The third-order valence-electron chi connectivity index (χ3n) is 4.04. The number of urea groups is 1. The fraction of sp³-hybridized carbons (Fsp3) is 0.875. The molecule has 1 aliphatic heterocycles. The predicted octanol–water partition coefficient (Wildman–Crippen LogP) is 1.07. The summed E-state index contributed by atoms with van der Waals surface area (Å²) in [7, 11) is 2.11. The van der Waals surface area contributed by atoms with E-state index < -0.39 is 6.04 Å². The van der Waals surface area contributed by atoms with Crippen LogP contribution in [-0.4, -0.2) is 74.0 Å². The van der Waals surface area contributed by atoms with Crippen molar-refractivity contribution in [3.8, 4) is 0 Å². The van der Waals surface area contributed by atoms with E-state index in [-0.39, 0.29) is 11.8 Å². The van der Waals surface area contributed by atoms with Crippen molar-refractivity contribution >= 4 is 11.8 Å². The van der Waals surface area contributed by atoms with Gasteiger partial charge in [0.2, 0.25) is 0 Å². The van der Waals surface area contributed by atoms with E-state index in [4.69, 9.17) is 0 Å². The van der Waals surface area contributed by atoms with Crippen LogP contribution in [0.25, 0.3) is 0 Å². The number of piperazine rings is 1. The topological polar surface area (TPSA) is 64.7 Å². The van der Waals surface area contributed by atoms with Crippen LogP contribution in [0.5, 0.6) is 0 Å². The first-order valence-corrected chi connectivity index (χ1v) is 8.54. The second kappa shape index (κ2) is 10.6. The standard InChI is InChI=1S/C16H32N4O2/c1-4-6-7-15(21)14(18-16(22)17-8-5-2)13-20-11-9-19(3)10-12-20/h14H,4-13H2,1-3H3,(H2,17,18,22). The van der Waals surface area contributed by atoms with Gasteiger partial charge in [-0.05, 0) is 19.9 Å². The van der Waals surface area contributed by atoms with Crippen LogP contribution >= 0.6 is 0 Å². The monoisotopic (exact) mass is 312 g/mol. The highest BCUT2D eigenvalue weighted by molar-refractivity contribution is 5.88. The lowest BCUT2D eigenvalue weighted by atomic mass is 10.1. The molecule has 1 saturated heterocycles. The first-order valence-electron chi connectivity index (χ1n) is 8.54. The molecule has 6 nitrogen and oxygen atoms in total. The van der Waals surface area contributed by atoms with Gasteiger partial charge in [-0.3, -0.25) is 9.69 Å². The zero-order valence-corrected chi connectivity index (χ0v) is 14.4. The normalized spacial score (nSPS) is 18.0. The average molecular weight is 312 g/mol. The quantitative estimate of drug-likeness (QED) is 0.668. The lowest BCUT2D eigenvalue weighted by Crippen LogP contribution is -2.54.